The fourth-order valence-electron chi connectivity index (χ4n) is 2.17. The van der Waals surface area contributed by atoms with Crippen molar-refractivity contribution in [2.24, 2.45) is 0 Å². The number of nitrogens with one attached hydrogen (secondary N) is 2. The van der Waals surface area contributed by atoms with E-state index < -0.39 is 0 Å². The predicted octanol–water partition coefficient (Wildman–Crippen LogP) is 3.28. The van der Waals surface area contributed by atoms with Gasteiger partial charge in [-0.2, -0.15) is 0 Å². The average molecular weight is 324 g/mol. The molecule has 0 aliphatic carbocycles. The second-order valence-electron chi connectivity index (χ2n) is 5.80. The normalized spacial score (nSPS) is 10.3. The Morgan fingerprint density at radius 3 is 2.04 bits per heavy atom. The highest BCUT2D eigenvalue weighted by Gasteiger charge is 2.12. The summed E-state index contributed by atoms with van der Waals surface area (Å²) in [5.41, 5.74) is 1.86. The second-order valence-corrected chi connectivity index (χ2v) is 5.80. The first-order valence-electron chi connectivity index (χ1n) is 7.70. The van der Waals surface area contributed by atoms with E-state index in [-0.39, 0.29) is 23.6 Å². The van der Waals surface area contributed by atoms with Crippen LogP contribution in [0.1, 0.15) is 51.8 Å². The molecular weight excluding hydrogens is 304 g/mol. The molecule has 0 radical (unpaired) electrons. The maximum absolute atomic E-state index is 12.4. The first-order valence-corrected chi connectivity index (χ1v) is 7.70. The Kier molecular flexibility index (Phi) is 5.47. The van der Waals surface area contributed by atoms with E-state index >= 15 is 0 Å². The van der Waals surface area contributed by atoms with E-state index in [4.69, 9.17) is 0 Å². The molecule has 0 fully saturated rings. The van der Waals surface area contributed by atoms with E-state index in [2.05, 4.69) is 10.6 Å². The van der Waals surface area contributed by atoms with Gasteiger partial charge >= 0.3 is 0 Å². The molecule has 2 N–H and O–H groups in total. The summed E-state index contributed by atoms with van der Waals surface area (Å²) < 4.78 is 0. The number of hydrogen-bond acceptors (Lipinski definition) is 3. The number of benzene rings is 2. The van der Waals surface area contributed by atoms with Crippen molar-refractivity contribution in [3.63, 3.8) is 0 Å². The van der Waals surface area contributed by atoms with Gasteiger partial charge in [-0.15, -0.1) is 0 Å². The molecule has 124 valence electrons. The van der Waals surface area contributed by atoms with E-state index in [1.54, 1.807) is 48.5 Å². The largest absolute Gasteiger partial charge is 0.350 e. The van der Waals surface area contributed by atoms with Crippen LogP contribution in [-0.2, 0) is 0 Å². The molecule has 0 saturated carbocycles. The van der Waals surface area contributed by atoms with Gasteiger partial charge in [0.25, 0.3) is 11.8 Å². The zero-order valence-electron chi connectivity index (χ0n) is 13.9. The molecule has 2 aromatic carbocycles. The molecule has 0 spiro atoms. The van der Waals surface area contributed by atoms with Crippen LogP contribution in [-0.4, -0.2) is 23.6 Å². The van der Waals surface area contributed by atoms with Crippen LogP contribution in [0.5, 0.6) is 0 Å². The highest BCUT2D eigenvalue weighted by atomic mass is 16.2. The van der Waals surface area contributed by atoms with Crippen LogP contribution in [0.2, 0.25) is 0 Å². The maximum atomic E-state index is 12.4. The monoisotopic (exact) mass is 324 g/mol. The molecule has 24 heavy (non-hydrogen) atoms. The van der Waals surface area contributed by atoms with E-state index in [0.29, 0.717) is 22.4 Å². The summed E-state index contributed by atoms with van der Waals surface area (Å²) in [4.78, 5) is 35.8. The molecule has 5 nitrogen and oxygen atoms in total. The highest BCUT2D eigenvalue weighted by molar-refractivity contribution is 6.06. The fraction of sp³-hybridized carbons (Fsp3) is 0.211. The second kappa shape index (κ2) is 7.55. The van der Waals surface area contributed by atoms with Crippen molar-refractivity contribution in [1.82, 2.24) is 5.32 Å². The van der Waals surface area contributed by atoms with Crippen molar-refractivity contribution in [2.45, 2.75) is 26.8 Å². The zero-order chi connectivity index (χ0) is 17.7. The molecule has 0 saturated heterocycles. The minimum absolute atomic E-state index is 0.0179. The lowest BCUT2D eigenvalue weighted by molar-refractivity contribution is 0.0942. The van der Waals surface area contributed by atoms with E-state index in [1.807, 2.05) is 13.8 Å². The van der Waals surface area contributed by atoms with Crippen molar-refractivity contribution in [2.75, 3.05) is 5.32 Å². The standard InChI is InChI=1S/C19H20N2O3/c1-12(2)20-18(23)15-7-4-8-16(10-15)19(24)21-17-9-5-6-14(11-17)13(3)22/h4-12H,1-3H3,(H,20,23)(H,21,24). The number of carbonyl (C=O) groups is 3. The molecule has 0 heterocycles. The summed E-state index contributed by atoms with van der Waals surface area (Å²) in [7, 11) is 0. The van der Waals surface area contributed by atoms with Crippen LogP contribution in [0, 0.1) is 0 Å². The molecule has 0 unspecified atom stereocenters. The first-order chi connectivity index (χ1) is 11.4. The van der Waals surface area contributed by atoms with Crippen LogP contribution >= 0.6 is 0 Å². The summed E-state index contributed by atoms with van der Waals surface area (Å²) in [6.45, 7) is 5.21. The molecule has 2 amide bonds. The lowest BCUT2D eigenvalue weighted by Crippen LogP contribution is -2.30. The Balaban J connectivity index is 2.17. The fourth-order valence-corrected chi connectivity index (χ4v) is 2.17. The van der Waals surface area contributed by atoms with Gasteiger partial charge in [0.15, 0.2) is 5.78 Å². The topological polar surface area (TPSA) is 75.3 Å². The lowest BCUT2D eigenvalue weighted by Gasteiger charge is -2.10. The van der Waals surface area contributed by atoms with Crippen LogP contribution in [0.15, 0.2) is 48.5 Å². The Morgan fingerprint density at radius 2 is 1.42 bits per heavy atom. The minimum Gasteiger partial charge on any atom is -0.350 e. The smallest absolute Gasteiger partial charge is 0.255 e. The van der Waals surface area contributed by atoms with Crippen molar-refractivity contribution in [1.29, 1.82) is 0 Å². The Labute approximate surface area is 141 Å². The van der Waals surface area contributed by atoms with Crippen LogP contribution in [0.4, 0.5) is 5.69 Å². The van der Waals surface area contributed by atoms with Gasteiger partial charge in [-0.1, -0.05) is 18.2 Å². The summed E-state index contributed by atoms with van der Waals surface area (Å²) in [5.74, 6) is -0.633. The van der Waals surface area contributed by atoms with Gasteiger partial charge in [-0.25, -0.2) is 0 Å². The van der Waals surface area contributed by atoms with Crippen molar-refractivity contribution < 1.29 is 14.4 Å². The Morgan fingerprint density at radius 1 is 0.833 bits per heavy atom. The van der Waals surface area contributed by atoms with Crippen molar-refractivity contribution >= 4 is 23.3 Å². The van der Waals surface area contributed by atoms with Crippen LogP contribution in [0.25, 0.3) is 0 Å². The minimum atomic E-state index is -0.338. The van der Waals surface area contributed by atoms with Crippen LogP contribution < -0.4 is 10.6 Å². The summed E-state index contributed by atoms with van der Waals surface area (Å²) in [6.07, 6.45) is 0. The lowest BCUT2D eigenvalue weighted by atomic mass is 10.1. The number of Topliss-reactive ketones (excluding diaryl/α,β-unsaturated/α-hetero) is 1. The van der Waals surface area contributed by atoms with Gasteiger partial charge in [0.05, 0.1) is 0 Å². The Hall–Kier alpha value is -2.95. The SMILES string of the molecule is CC(=O)c1cccc(NC(=O)c2cccc(C(=O)NC(C)C)c2)c1. The summed E-state index contributed by atoms with van der Waals surface area (Å²) in [5, 5.41) is 5.52. The van der Waals surface area contributed by atoms with Crippen molar-refractivity contribution in [3.8, 4) is 0 Å². The van der Waals surface area contributed by atoms with E-state index in [9.17, 15) is 14.4 Å². The number of carbonyl (C=O) groups excluding carboxylic acids is 3. The molecule has 0 aliphatic heterocycles. The van der Waals surface area contributed by atoms with Gasteiger partial charge in [0.1, 0.15) is 0 Å². The van der Waals surface area contributed by atoms with E-state index in [1.165, 1.54) is 6.92 Å². The number of anilines is 1. The number of amides is 2. The maximum Gasteiger partial charge on any atom is 0.255 e. The molecule has 0 aliphatic rings. The van der Waals surface area contributed by atoms with Gasteiger partial charge in [-0.3, -0.25) is 14.4 Å². The van der Waals surface area contributed by atoms with E-state index in [0.717, 1.165) is 0 Å². The van der Waals surface area contributed by atoms with Gasteiger partial charge < -0.3 is 10.6 Å². The Bertz CT molecular complexity index is 782. The number of ketones is 1. The molecule has 2 rings (SSSR count). The van der Waals surface area contributed by atoms with Crippen molar-refractivity contribution in [3.05, 3.63) is 65.2 Å². The number of rotatable bonds is 5. The zero-order valence-corrected chi connectivity index (χ0v) is 13.9. The number of hydrogen-bond donors (Lipinski definition) is 2. The molecule has 2 aromatic rings. The summed E-state index contributed by atoms with van der Waals surface area (Å²) >= 11 is 0. The van der Waals surface area contributed by atoms with Gasteiger partial charge in [0, 0.05) is 28.4 Å². The molecule has 0 bridgehead atoms. The molecular formula is C19H20N2O3. The average Bonchev–Trinajstić information content (AvgIpc) is 2.54. The third kappa shape index (κ3) is 4.52. The van der Waals surface area contributed by atoms with Crippen LogP contribution in [0.3, 0.4) is 0 Å². The third-order valence-electron chi connectivity index (χ3n) is 3.33. The third-order valence-corrected chi connectivity index (χ3v) is 3.33. The first kappa shape index (κ1) is 17.4. The molecule has 5 heteroatoms. The molecule has 0 atom stereocenters. The molecule has 0 aromatic heterocycles. The van der Waals surface area contributed by atoms with Gasteiger partial charge in [-0.05, 0) is 51.1 Å². The quantitative estimate of drug-likeness (QED) is 0.829. The van der Waals surface area contributed by atoms with Gasteiger partial charge in [0.2, 0.25) is 0 Å². The predicted molar refractivity (Wildman–Crippen MR) is 93.4 cm³/mol. The summed E-state index contributed by atoms with van der Waals surface area (Å²) in [6, 6.07) is 13.2. The highest BCUT2D eigenvalue weighted by Crippen LogP contribution is 2.14.